The Bertz CT molecular complexity index is 276. The summed E-state index contributed by atoms with van der Waals surface area (Å²) in [5.41, 5.74) is 0.234. The molecule has 12 heavy (non-hydrogen) atoms. The van der Waals surface area contributed by atoms with E-state index in [1.165, 1.54) is 25.3 Å². The van der Waals surface area contributed by atoms with Crippen molar-refractivity contribution in [3.05, 3.63) is 29.6 Å². The van der Waals surface area contributed by atoms with Crippen molar-refractivity contribution in [2.45, 2.75) is 4.84 Å². The summed E-state index contributed by atoms with van der Waals surface area (Å²) < 4.78 is 17.8. The zero-order valence-electron chi connectivity index (χ0n) is 6.35. The molecule has 4 heteroatoms. The van der Waals surface area contributed by atoms with E-state index in [2.05, 4.69) is 0 Å². The zero-order chi connectivity index (χ0) is 9.14. The molecule has 0 heterocycles. The van der Waals surface area contributed by atoms with Crippen molar-refractivity contribution < 1.29 is 9.13 Å². The van der Waals surface area contributed by atoms with Crippen molar-refractivity contribution in [1.82, 2.24) is 0 Å². The van der Waals surface area contributed by atoms with Gasteiger partial charge in [0, 0.05) is 5.56 Å². The van der Waals surface area contributed by atoms with E-state index in [4.69, 9.17) is 27.9 Å². The third-order valence-electron chi connectivity index (χ3n) is 1.44. The van der Waals surface area contributed by atoms with Crippen molar-refractivity contribution in [2.75, 3.05) is 7.11 Å². The summed E-state index contributed by atoms with van der Waals surface area (Å²) in [5, 5.41) is 0. The number of alkyl halides is 2. The molecule has 0 aromatic heterocycles. The Morgan fingerprint density at radius 1 is 1.42 bits per heavy atom. The van der Waals surface area contributed by atoms with Crippen LogP contribution in [0.4, 0.5) is 4.39 Å². The van der Waals surface area contributed by atoms with Gasteiger partial charge in [-0.2, -0.15) is 0 Å². The van der Waals surface area contributed by atoms with Crippen LogP contribution in [0.1, 0.15) is 10.4 Å². The second-order valence-electron chi connectivity index (χ2n) is 2.19. The summed E-state index contributed by atoms with van der Waals surface area (Å²) in [6.07, 6.45) is 0. The standard InChI is InChI=1S/C8H7Cl2FO/c1-12-5-2-3-7(11)6(4-5)8(9)10/h2-4,8H,1H3. The van der Waals surface area contributed by atoms with E-state index >= 15 is 0 Å². The molecule has 0 atom stereocenters. The summed E-state index contributed by atoms with van der Waals surface area (Å²) in [6.45, 7) is 0. The van der Waals surface area contributed by atoms with E-state index in [0.29, 0.717) is 5.75 Å². The third kappa shape index (κ3) is 2.02. The molecule has 0 saturated carbocycles. The largest absolute Gasteiger partial charge is 0.497 e. The van der Waals surface area contributed by atoms with Crippen LogP contribution in [0.25, 0.3) is 0 Å². The summed E-state index contributed by atoms with van der Waals surface area (Å²) in [5.74, 6) is 0.114. The van der Waals surface area contributed by atoms with Gasteiger partial charge in [-0.05, 0) is 18.2 Å². The first kappa shape index (κ1) is 9.62. The second-order valence-corrected chi connectivity index (χ2v) is 3.28. The lowest BCUT2D eigenvalue weighted by Gasteiger charge is -2.05. The van der Waals surface area contributed by atoms with Crippen LogP contribution in [0, 0.1) is 5.82 Å². The third-order valence-corrected chi connectivity index (χ3v) is 1.91. The first-order valence-electron chi connectivity index (χ1n) is 3.26. The fourth-order valence-electron chi connectivity index (χ4n) is 0.816. The Morgan fingerprint density at radius 2 is 2.08 bits per heavy atom. The summed E-state index contributed by atoms with van der Waals surface area (Å²) in [7, 11) is 1.49. The Labute approximate surface area is 80.0 Å². The highest BCUT2D eigenvalue weighted by Gasteiger charge is 2.10. The summed E-state index contributed by atoms with van der Waals surface area (Å²) in [4.78, 5) is -0.861. The minimum Gasteiger partial charge on any atom is -0.497 e. The predicted molar refractivity (Wildman–Crippen MR) is 47.4 cm³/mol. The van der Waals surface area contributed by atoms with Gasteiger partial charge < -0.3 is 4.74 Å². The molecule has 0 aliphatic carbocycles. The smallest absolute Gasteiger partial charge is 0.135 e. The molecule has 0 aliphatic heterocycles. The van der Waals surface area contributed by atoms with E-state index in [1.54, 1.807) is 0 Å². The van der Waals surface area contributed by atoms with Gasteiger partial charge in [-0.3, -0.25) is 0 Å². The number of hydrogen-bond donors (Lipinski definition) is 0. The lowest BCUT2D eigenvalue weighted by molar-refractivity contribution is 0.413. The topological polar surface area (TPSA) is 9.23 Å². The van der Waals surface area contributed by atoms with Crippen LogP contribution in [0.3, 0.4) is 0 Å². The molecule has 0 aliphatic rings. The highest BCUT2D eigenvalue weighted by molar-refractivity contribution is 6.44. The molecule has 1 aromatic carbocycles. The van der Waals surface area contributed by atoms with Crippen LogP contribution < -0.4 is 4.74 Å². The van der Waals surface area contributed by atoms with Gasteiger partial charge in [0.15, 0.2) is 0 Å². The van der Waals surface area contributed by atoms with E-state index in [0.717, 1.165) is 0 Å². The first-order chi connectivity index (χ1) is 5.65. The highest BCUT2D eigenvalue weighted by atomic mass is 35.5. The fourth-order valence-corrected chi connectivity index (χ4v) is 1.15. The average molecular weight is 209 g/mol. The molecule has 0 N–H and O–H groups in total. The van der Waals surface area contributed by atoms with Gasteiger partial charge in [0.1, 0.15) is 16.4 Å². The van der Waals surface area contributed by atoms with Gasteiger partial charge >= 0.3 is 0 Å². The maximum atomic E-state index is 12.9. The predicted octanol–water partition coefficient (Wildman–Crippen LogP) is 3.31. The Hall–Kier alpha value is -0.470. The number of rotatable bonds is 2. The van der Waals surface area contributed by atoms with Crippen LogP contribution in [0.5, 0.6) is 5.75 Å². The van der Waals surface area contributed by atoms with E-state index in [-0.39, 0.29) is 5.56 Å². The summed E-state index contributed by atoms with van der Waals surface area (Å²) in [6, 6.07) is 4.25. The molecule has 1 nitrogen and oxygen atoms in total. The van der Waals surface area contributed by atoms with Crippen molar-refractivity contribution in [3.63, 3.8) is 0 Å². The van der Waals surface area contributed by atoms with Crippen LogP contribution >= 0.6 is 23.2 Å². The maximum absolute atomic E-state index is 12.9. The van der Waals surface area contributed by atoms with E-state index < -0.39 is 10.7 Å². The lowest BCUT2D eigenvalue weighted by Crippen LogP contribution is -1.90. The van der Waals surface area contributed by atoms with Crippen LogP contribution in [0.2, 0.25) is 0 Å². The fraction of sp³-hybridized carbons (Fsp3) is 0.250. The molecule has 0 fully saturated rings. The molecule has 0 saturated heterocycles. The summed E-state index contributed by atoms with van der Waals surface area (Å²) >= 11 is 11.0. The molecule has 1 rings (SSSR count). The normalized spacial score (nSPS) is 10.4. The maximum Gasteiger partial charge on any atom is 0.135 e. The Balaban J connectivity index is 3.08. The van der Waals surface area contributed by atoms with Crippen molar-refractivity contribution in [1.29, 1.82) is 0 Å². The average Bonchev–Trinajstić information content (AvgIpc) is 2.05. The van der Waals surface area contributed by atoms with Gasteiger partial charge in [0.25, 0.3) is 0 Å². The molecule has 1 aromatic rings. The number of hydrogen-bond acceptors (Lipinski definition) is 1. The molecule has 0 bridgehead atoms. The second kappa shape index (κ2) is 3.97. The first-order valence-corrected chi connectivity index (χ1v) is 4.14. The SMILES string of the molecule is COc1ccc(F)c(C(Cl)Cl)c1. The highest BCUT2D eigenvalue weighted by Crippen LogP contribution is 2.29. The number of benzene rings is 1. The van der Waals surface area contributed by atoms with Crippen LogP contribution in [-0.4, -0.2) is 7.11 Å². The molecule has 0 unspecified atom stereocenters. The lowest BCUT2D eigenvalue weighted by atomic mass is 10.2. The van der Waals surface area contributed by atoms with E-state index in [9.17, 15) is 4.39 Å². The van der Waals surface area contributed by atoms with Crippen LogP contribution in [0.15, 0.2) is 18.2 Å². The van der Waals surface area contributed by atoms with E-state index in [1.807, 2.05) is 0 Å². The Morgan fingerprint density at radius 3 is 2.58 bits per heavy atom. The minimum absolute atomic E-state index is 0.234. The monoisotopic (exact) mass is 208 g/mol. The van der Waals surface area contributed by atoms with Gasteiger partial charge in [-0.15, -0.1) is 0 Å². The van der Waals surface area contributed by atoms with Crippen molar-refractivity contribution >= 4 is 23.2 Å². The number of ether oxygens (including phenoxy) is 1. The number of methoxy groups -OCH3 is 1. The molecule has 0 radical (unpaired) electrons. The van der Waals surface area contributed by atoms with Crippen molar-refractivity contribution in [2.24, 2.45) is 0 Å². The Kier molecular flexibility index (Phi) is 3.18. The zero-order valence-corrected chi connectivity index (χ0v) is 7.86. The van der Waals surface area contributed by atoms with Gasteiger partial charge in [-0.1, -0.05) is 23.2 Å². The molecular weight excluding hydrogens is 202 g/mol. The van der Waals surface area contributed by atoms with Gasteiger partial charge in [0.05, 0.1) is 7.11 Å². The molecule has 0 amide bonds. The quantitative estimate of drug-likeness (QED) is 0.679. The van der Waals surface area contributed by atoms with Gasteiger partial charge in [-0.25, -0.2) is 4.39 Å². The minimum atomic E-state index is -0.861. The van der Waals surface area contributed by atoms with Crippen LogP contribution in [-0.2, 0) is 0 Å². The van der Waals surface area contributed by atoms with Crippen molar-refractivity contribution in [3.8, 4) is 5.75 Å². The molecule has 66 valence electrons. The molecule has 0 spiro atoms. The van der Waals surface area contributed by atoms with Gasteiger partial charge in [0.2, 0.25) is 0 Å². The number of halogens is 3. The molecular formula is C8H7Cl2FO.